The second-order valence-electron chi connectivity index (χ2n) is 0.846. The molecule has 0 aliphatic carbocycles. The molecule has 0 nitrogen and oxygen atoms in total. The van der Waals surface area contributed by atoms with Gasteiger partial charge in [-0.15, -0.1) is 0 Å². The van der Waals surface area contributed by atoms with Gasteiger partial charge in [-0.05, 0) is 19.4 Å². The predicted octanol–water partition coefficient (Wildman–Crippen LogP) is -7.21. The second kappa shape index (κ2) is 34.6. The van der Waals surface area contributed by atoms with Crippen LogP contribution in [0.4, 0.5) is 0 Å². The van der Waals surface area contributed by atoms with Gasteiger partial charge in [-0.1, -0.05) is 13.0 Å². The van der Waals surface area contributed by atoms with Gasteiger partial charge in [0, 0.05) is 0 Å². The number of halogens is 3. The fourth-order valence-electron chi connectivity index (χ4n) is 0.204. The van der Waals surface area contributed by atoms with Gasteiger partial charge in [-0.2, -0.15) is 0 Å². The Balaban J connectivity index is -0.0000000133. The van der Waals surface area contributed by atoms with Gasteiger partial charge in [0.1, 0.15) is 0 Å². The quantitative estimate of drug-likeness (QED) is 0.388. The average Bonchev–Trinajstić information content (AvgIpc) is 1.41. The van der Waals surface area contributed by atoms with Crippen molar-refractivity contribution in [3.63, 3.8) is 0 Å². The Morgan fingerprint density at radius 2 is 1.56 bits per heavy atom. The Morgan fingerprint density at radius 1 is 1.22 bits per heavy atom. The van der Waals surface area contributed by atoms with Crippen LogP contribution in [0.25, 0.3) is 0 Å². The van der Waals surface area contributed by atoms with Gasteiger partial charge in [0.05, 0.1) is 0 Å². The van der Waals surface area contributed by atoms with E-state index in [1.807, 2.05) is 13.0 Å². The maximum Gasteiger partial charge on any atom is 3.00 e. The summed E-state index contributed by atoms with van der Waals surface area (Å²) >= 11 is 0. The summed E-state index contributed by atoms with van der Waals surface area (Å²) in [7, 11) is 0. The number of allylic oxidation sites excluding steroid dienone is 2. The maximum atomic E-state index is 2.99. The number of hydrogen-bond donors (Lipinski definition) is 0. The summed E-state index contributed by atoms with van der Waals surface area (Å²) in [5.74, 6) is 0. The smallest absolute Gasteiger partial charge is 1.00 e. The van der Waals surface area contributed by atoms with Crippen LogP contribution in [-0.4, -0.2) is 0 Å². The number of hydrogen-bond acceptors (Lipinski definition) is 0. The molecular formula is C5H9Cl3Ti. The first-order chi connectivity index (χ1) is 2.41. The average molecular weight is 223 g/mol. The standard InChI is InChI=1S/C5H9.3ClH.Ti/c1-3-5-4-2;;;;/h3H,4H2,1-2H3;3*1H;/q;;;;+3/p-3. The fourth-order valence-corrected chi connectivity index (χ4v) is 0.204. The van der Waals surface area contributed by atoms with E-state index in [-0.39, 0.29) is 58.9 Å². The van der Waals surface area contributed by atoms with E-state index < -0.39 is 0 Å². The molecule has 0 saturated heterocycles. The second-order valence-corrected chi connectivity index (χ2v) is 0.846. The zero-order valence-electron chi connectivity index (χ0n) is 5.42. The molecule has 0 rings (SSSR count). The molecular weight excluding hydrogens is 214 g/mol. The van der Waals surface area contributed by atoms with Gasteiger partial charge in [0.15, 0.2) is 0 Å². The Kier molecular flexibility index (Phi) is 122. The van der Waals surface area contributed by atoms with Crippen LogP contribution in [0.5, 0.6) is 0 Å². The van der Waals surface area contributed by atoms with Gasteiger partial charge >= 0.3 is 21.7 Å². The van der Waals surface area contributed by atoms with Crippen LogP contribution >= 0.6 is 0 Å². The Bertz CT molecular complexity index is 39.2. The molecule has 54 valence electrons. The summed E-state index contributed by atoms with van der Waals surface area (Å²) in [6.45, 7) is 4.05. The fraction of sp³-hybridized carbons (Fsp3) is 0.600. The van der Waals surface area contributed by atoms with Crippen LogP contribution in [0.2, 0.25) is 0 Å². The molecule has 0 unspecified atom stereocenters. The predicted molar refractivity (Wildman–Crippen MR) is 23.8 cm³/mol. The molecule has 0 atom stereocenters. The minimum absolute atomic E-state index is 0. The van der Waals surface area contributed by atoms with Crippen LogP contribution in [0, 0.1) is 6.08 Å². The van der Waals surface area contributed by atoms with Crippen molar-refractivity contribution in [2.45, 2.75) is 20.3 Å². The molecule has 0 fully saturated rings. The van der Waals surface area contributed by atoms with Crippen molar-refractivity contribution in [1.29, 1.82) is 0 Å². The molecule has 0 spiro atoms. The van der Waals surface area contributed by atoms with E-state index in [9.17, 15) is 0 Å². The molecule has 0 bridgehead atoms. The molecule has 9 heavy (non-hydrogen) atoms. The Hall–Kier alpha value is 1.32. The van der Waals surface area contributed by atoms with Crippen molar-refractivity contribution in [1.82, 2.24) is 0 Å². The normalized spacial score (nSPS) is 5.56. The molecule has 0 saturated carbocycles. The summed E-state index contributed by atoms with van der Waals surface area (Å²) in [4.78, 5) is 0. The summed E-state index contributed by atoms with van der Waals surface area (Å²) in [6.07, 6.45) is 5.95. The van der Waals surface area contributed by atoms with E-state index in [1.54, 1.807) is 0 Å². The molecule has 0 aliphatic heterocycles. The molecule has 2 radical (unpaired) electrons. The third kappa shape index (κ3) is 45.3. The van der Waals surface area contributed by atoms with E-state index in [4.69, 9.17) is 0 Å². The molecule has 0 aromatic rings. The minimum atomic E-state index is 0. The molecule has 4 heteroatoms. The molecule has 0 amide bonds. The Morgan fingerprint density at radius 3 is 1.56 bits per heavy atom. The van der Waals surface area contributed by atoms with Crippen molar-refractivity contribution >= 4 is 0 Å². The maximum absolute atomic E-state index is 2.99. The van der Waals surface area contributed by atoms with E-state index >= 15 is 0 Å². The minimum Gasteiger partial charge on any atom is -1.00 e. The van der Waals surface area contributed by atoms with E-state index in [2.05, 4.69) is 13.0 Å². The first-order valence-electron chi connectivity index (χ1n) is 1.93. The summed E-state index contributed by atoms with van der Waals surface area (Å²) in [5.41, 5.74) is 0. The summed E-state index contributed by atoms with van der Waals surface area (Å²) in [6, 6.07) is 0. The van der Waals surface area contributed by atoms with Crippen molar-refractivity contribution < 1.29 is 58.9 Å². The molecule has 0 aliphatic rings. The summed E-state index contributed by atoms with van der Waals surface area (Å²) < 4.78 is 0. The van der Waals surface area contributed by atoms with Crippen molar-refractivity contribution in [3.8, 4) is 0 Å². The topological polar surface area (TPSA) is 0 Å². The zero-order valence-corrected chi connectivity index (χ0v) is 9.25. The van der Waals surface area contributed by atoms with Crippen LogP contribution in [0.3, 0.4) is 0 Å². The van der Waals surface area contributed by atoms with Crippen LogP contribution in [-0.2, 0) is 21.7 Å². The summed E-state index contributed by atoms with van der Waals surface area (Å²) in [5, 5.41) is 0. The first kappa shape index (κ1) is 31.7. The Labute approximate surface area is 91.0 Å². The number of rotatable bonds is 1. The third-order valence-corrected chi connectivity index (χ3v) is 0.408. The van der Waals surface area contributed by atoms with Crippen LogP contribution in [0.15, 0.2) is 6.08 Å². The van der Waals surface area contributed by atoms with Gasteiger partial charge < -0.3 is 37.2 Å². The molecule has 0 aromatic heterocycles. The largest absolute Gasteiger partial charge is 3.00 e. The first-order valence-corrected chi connectivity index (χ1v) is 1.93. The molecule has 0 N–H and O–H groups in total. The van der Waals surface area contributed by atoms with E-state index in [0.717, 1.165) is 6.42 Å². The van der Waals surface area contributed by atoms with Gasteiger partial charge in [-0.25, -0.2) is 0 Å². The van der Waals surface area contributed by atoms with E-state index in [0.29, 0.717) is 0 Å². The van der Waals surface area contributed by atoms with E-state index in [1.165, 1.54) is 0 Å². The third-order valence-electron chi connectivity index (χ3n) is 0.408. The van der Waals surface area contributed by atoms with Crippen LogP contribution < -0.4 is 37.2 Å². The molecule has 0 heterocycles. The van der Waals surface area contributed by atoms with Crippen molar-refractivity contribution in [2.24, 2.45) is 0 Å². The van der Waals surface area contributed by atoms with Gasteiger partial charge in [-0.3, -0.25) is 0 Å². The van der Waals surface area contributed by atoms with Gasteiger partial charge in [0.25, 0.3) is 0 Å². The molecule has 0 aromatic carbocycles. The SMILES string of the molecule is CC=[C]CC.[Cl-].[Cl-].[Cl-].[Ti+3]. The van der Waals surface area contributed by atoms with Crippen molar-refractivity contribution in [2.75, 3.05) is 0 Å². The monoisotopic (exact) mass is 222 g/mol. The zero-order chi connectivity index (χ0) is 4.12. The van der Waals surface area contributed by atoms with Gasteiger partial charge in [0.2, 0.25) is 0 Å². The van der Waals surface area contributed by atoms with Crippen LogP contribution in [0.1, 0.15) is 20.3 Å². The van der Waals surface area contributed by atoms with Crippen molar-refractivity contribution in [3.05, 3.63) is 12.2 Å².